The van der Waals surface area contributed by atoms with Crippen molar-refractivity contribution in [2.24, 2.45) is 0 Å². The van der Waals surface area contributed by atoms with E-state index in [2.05, 4.69) is 67.7 Å². The van der Waals surface area contributed by atoms with Crippen LogP contribution in [0.1, 0.15) is 47.4 Å². The van der Waals surface area contributed by atoms with Gasteiger partial charge in [-0.1, -0.05) is 66.1 Å². The molecule has 1 N–H and O–H groups in total. The van der Waals surface area contributed by atoms with Crippen LogP contribution in [-0.2, 0) is 0 Å². The molecular weight excluding hydrogens is 254 g/mol. The van der Waals surface area contributed by atoms with Gasteiger partial charge in [-0.3, -0.25) is 0 Å². The van der Waals surface area contributed by atoms with Gasteiger partial charge < -0.3 is 5.32 Å². The van der Waals surface area contributed by atoms with E-state index in [4.69, 9.17) is 0 Å². The molecule has 0 aliphatic carbocycles. The molecule has 21 heavy (non-hydrogen) atoms. The van der Waals surface area contributed by atoms with Crippen molar-refractivity contribution in [3.8, 4) is 0 Å². The summed E-state index contributed by atoms with van der Waals surface area (Å²) in [6, 6.07) is 18.7. The van der Waals surface area contributed by atoms with Crippen LogP contribution in [0.5, 0.6) is 0 Å². The van der Waals surface area contributed by atoms with Crippen molar-refractivity contribution in [1.29, 1.82) is 0 Å². The summed E-state index contributed by atoms with van der Waals surface area (Å²) in [5.74, 6) is 0.464. The summed E-state index contributed by atoms with van der Waals surface area (Å²) >= 11 is 0. The molecule has 1 nitrogen and oxygen atoms in total. The highest BCUT2D eigenvalue weighted by Crippen LogP contribution is 2.32. The zero-order valence-corrected chi connectivity index (χ0v) is 13.1. The van der Waals surface area contributed by atoms with Gasteiger partial charge in [0, 0.05) is 12.0 Å². The number of piperidine rings is 1. The standard InChI is InChI=1S/C20H25N/c1-15-6-10-17(11-7-15)20(19-5-3-4-14-21-19)18-12-8-16(2)9-13-18/h6-13,19-21H,3-5,14H2,1-2H3/t19-/m0/s1. The van der Waals surface area contributed by atoms with Gasteiger partial charge in [0.1, 0.15) is 0 Å². The van der Waals surface area contributed by atoms with Crippen LogP contribution in [0.2, 0.25) is 0 Å². The lowest BCUT2D eigenvalue weighted by Crippen LogP contribution is -2.39. The Morgan fingerprint density at radius 1 is 0.810 bits per heavy atom. The van der Waals surface area contributed by atoms with Crippen LogP contribution in [0.25, 0.3) is 0 Å². The van der Waals surface area contributed by atoms with Crippen molar-refractivity contribution in [2.75, 3.05) is 6.54 Å². The van der Waals surface area contributed by atoms with Crippen LogP contribution >= 0.6 is 0 Å². The number of hydrogen-bond donors (Lipinski definition) is 1. The second-order valence-corrected chi connectivity index (χ2v) is 6.36. The van der Waals surface area contributed by atoms with E-state index in [-0.39, 0.29) is 0 Å². The number of aryl methyl sites for hydroxylation is 2. The first kappa shape index (κ1) is 14.3. The van der Waals surface area contributed by atoms with Crippen LogP contribution in [0, 0.1) is 13.8 Å². The molecule has 1 saturated heterocycles. The monoisotopic (exact) mass is 279 g/mol. The van der Waals surface area contributed by atoms with Gasteiger partial charge in [-0.25, -0.2) is 0 Å². The number of nitrogens with one attached hydrogen (secondary N) is 1. The molecule has 1 heteroatoms. The third kappa shape index (κ3) is 3.36. The number of rotatable bonds is 3. The molecule has 0 radical (unpaired) electrons. The molecule has 1 atom stereocenters. The average molecular weight is 279 g/mol. The zero-order chi connectivity index (χ0) is 14.7. The maximum Gasteiger partial charge on any atom is 0.0243 e. The molecule has 3 rings (SSSR count). The average Bonchev–Trinajstić information content (AvgIpc) is 2.52. The summed E-state index contributed by atoms with van der Waals surface area (Å²) in [7, 11) is 0. The smallest absolute Gasteiger partial charge is 0.0243 e. The highest BCUT2D eigenvalue weighted by molar-refractivity contribution is 5.37. The first-order valence-electron chi connectivity index (χ1n) is 8.10. The summed E-state index contributed by atoms with van der Waals surface area (Å²) in [6.07, 6.45) is 3.92. The molecule has 0 saturated carbocycles. The van der Waals surface area contributed by atoms with Gasteiger partial charge in [-0.05, 0) is 44.4 Å². The van der Waals surface area contributed by atoms with E-state index in [1.54, 1.807) is 0 Å². The Bertz CT molecular complexity index is 516. The lowest BCUT2D eigenvalue weighted by atomic mass is 9.81. The fourth-order valence-electron chi connectivity index (χ4n) is 3.37. The SMILES string of the molecule is Cc1ccc(C(c2ccc(C)cc2)[C@@H]2CCCCN2)cc1. The lowest BCUT2D eigenvalue weighted by Gasteiger charge is -2.32. The zero-order valence-electron chi connectivity index (χ0n) is 13.1. The summed E-state index contributed by atoms with van der Waals surface area (Å²) in [5, 5.41) is 3.75. The molecule has 2 aromatic rings. The molecule has 0 bridgehead atoms. The van der Waals surface area contributed by atoms with E-state index in [1.165, 1.54) is 41.5 Å². The lowest BCUT2D eigenvalue weighted by molar-refractivity contribution is 0.372. The third-order valence-corrected chi connectivity index (χ3v) is 4.62. The molecule has 1 heterocycles. The van der Waals surface area contributed by atoms with Crippen LogP contribution in [-0.4, -0.2) is 12.6 Å². The fraction of sp³-hybridized carbons (Fsp3) is 0.400. The van der Waals surface area contributed by atoms with Gasteiger partial charge >= 0.3 is 0 Å². The summed E-state index contributed by atoms with van der Waals surface area (Å²) < 4.78 is 0. The normalized spacial score (nSPS) is 18.9. The minimum atomic E-state index is 0.464. The van der Waals surface area contributed by atoms with E-state index >= 15 is 0 Å². The molecule has 0 aromatic heterocycles. The largest absolute Gasteiger partial charge is 0.313 e. The molecule has 0 unspecified atom stereocenters. The fourth-order valence-corrected chi connectivity index (χ4v) is 3.37. The maximum absolute atomic E-state index is 3.75. The third-order valence-electron chi connectivity index (χ3n) is 4.62. The predicted octanol–water partition coefficient (Wildman–Crippen LogP) is 4.58. The predicted molar refractivity (Wildman–Crippen MR) is 89.8 cm³/mol. The topological polar surface area (TPSA) is 12.0 Å². The van der Waals surface area contributed by atoms with Crippen LogP contribution in [0.15, 0.2) is 48.5 Å². The van der Waals surface area contributed by atoms with Crippen molar-refractivity contribution in [3.05, 3.63) is 70.8 Å². The van der Waals surface area contributed by atoms with Crippen LogP contribution in [0.4, 0.5) is 0 Å². The molecule has 2 aromatic carbocycles. The number of hydrogen-bond acceptors (Lipinski definition) is 1. The van der Waals surface area contributed by atoms with Gasteiger partial charge in [-0.15, -0.1) is 0 Å². The van der Waals surface area contributed by atoms with Crippen molar-refractivity contribution >= 4 is 0 Å². The number of benzene rings is 2. The van der Waals surface area contributed by atoms with E-state index in [9.17, 15) is 0 Å². The Hall–Kier alpha value is -1.60. The summed E-state index contributed by atoms with van der Waals surface area (Å²) in [6.45, 7) is 5.46. The Kier molecular flexibility index (Phi) is 4.40. The highest BCUT2D eigenvalue weighted by atomic mass is 14.9. The van der Waals surface area contributed by atoms with E-state index < -0.39 is 0 Å². The molecule has 0 amide bonds. The molecule has 110 valence electrons. The minimum Gasteiger partial charge on any atom is -0.313 e. The molecular formula is C20H25N. The first-order chi connectivity index (χ1) is 10.2. The summed E-state index contributed by atoms with van der Waals surface area (Å²) in [4.78, 5) is 0. The molecule has 0 spiro atoms. The molecule has 1 aliphatic rings. The summed E-state index contributed by atoms with van der Waals surface area (Å²) in [5.41, 5.74) is 5.53. The maximum atomic E-state index is 3.75. The van der Waals surface area contributed by atoms with E-state index in [0.29, 0.717) is 12.0 Å². The second kappa shape index (κ2) is 6.44. The quantitative estimate of drug-likeness (QED) is 0.867. The molecule has 1 fully saturated rings. The first-order valence-corrected chi connectivity index (χ1v) is 8.10. The minimum absolute atomic E-state index is 0.464. The van der Waals surface area contributed by atoms with Gasteiger partial charge in [0.15, 0.2) is 0 Å². The van der Waals surface area contributed by atoms with Crippen molar-refractivity contribution < 1.29 is 0 Å². The van der Waals surface area contributed by atoms with Gasteiger partial charge in [0.2, 0.25) is 0 Å². The van der Waals surface area contributed by atoms with E-state index in [1.807, 2.05) is 0 Å². The van der Waals surface area contributed by atoms with E-state index in [0.717, 1.165) is 6.54 Å². The van der Waals surface area contributed by atoms with Gasteiger partial charge in [0.05, 0.1) is 0 Å². The van der Waals surface area contributed by atoms with Crippen LogP contribution in [0.3, 0.4) is 0 Å². The Morgan fingerprint density at radius 3 is 1.76 bits per heavy atom. The van der Waals surface area contributed by atoms with Crippen molar-refractivity contribution in [3.63, 3.8) is 0 Å². The molecule has 1 aliphatic heterocycles. The van der Waals surface area contributed by atoms with Gasteiger partial charge in [0.25, 0.3) is 0 Å². The van der Waals surface area contributed by atoms with Crippen molar-refractivity contribution in [2.45, 2.75) is 45.1 Å². The Morgan fingerprint density at radius 2 is 1.33 bits per heavy atom. The highest BCUT2D eigenvalue weighted by Gasteiger charge is 2.26. The van der Waals surface area contributed by atoms with Crippen LogP contribution < -0.4 is 5.32 Å². The Labute approximate surface area is 128 Å². The van der Waals surface area contributed by atoms with Crippen molar-refractivity contribution in [1.82, 2.24) is 5.32 Å². The Balaban J connectivity index is 1.97. The second-order valence-electron chi connectivity index (χ2n) is 6.36. The van der Waals surface area contributed by atoms with Gasteiger partial charge in [-0.2, -0.15) is 0 Å².